The van der Waals surface area contributed by atoms with E-state index in [0.717, 1.165) is 5.56 Å². The van der Waals surface area contributed by atoms with Gasteiger partial charge in [-0.2, -0.15) is 0 Å². The molecule has 0 aromatic heterocycles. The predicted octanol–water partition coefficient (Wildman–Crippen LogP) is 4.06. The van der Waals surface area contributed by atoms with Crippen LogP contribution in [0.25, 0.3) is 11.1 Å². The molecule has 0 fully saturated rings. The summed E-state index contributed by atoms with van der Waals surface area (Å²) in [6.07, 6.45) is 0. The molecular formula is C15H17N. The van der Waals surface area contributed by atoms with Gasteiger partial charge in [-0.25, -0.2) is 0 Å². The van der Waals surface area contributed by atoms with Crippen molar-refractivity contribution in [3.8, 4) is 11.1 Å². The molecule has 0 saturated carbocycles. The molecule has 2 aromatic carbocycles. The van der Waals surface area contributed by atoms with Crippen LogP contribution >= 0.6 is 0 Å². The van der Waals surface area contributed by atoms with Crippen LogP contribution < -0.4 is 5.73 Å². The first kappa shape index (κ1) is 6.09. The fourth-order valence-electron chi connectivity index (χ4n) is 1.69. The maximum atomic E-state index is 8.02. The molecule has 0 amide bonds. The summed E-state index contributed by atoms with van der Waals surface area (Å²) in [6.45, 7) is 3.99. The van der Waals surface area contributed by atoms with Crippen molar-refractivity contribution in [3.63, 3.8) is 0 Å². The highest BCUT2D eigenvalue weighted by Crippen LogP contribution is 2.31. The van der Waals surface area contributed by atoms with Crippen molar-refractivity contribution in [2.75, 3.05) is 5.73 Å². The standard InChI is InChI=1S/C15H17N/c1-11(2)13-9-6-10-14(15(13)16)12-7-4-3-5-8-12/h3-11H,16H2,1-2H3/i3D,4D,5D,7D,8D. The van der Waals surface area contributed by atoms with Gasteiger partial charge in [-0.3, -0.25) is 0 Å². The fraction of sp³-hybridized carbons (Fsp3) is 0.200. The van der Waals surface area contributed by atoms with E-state index in [4.69, 9.17) is 12.6 Å². The molecule has 0 unspecified atom stereocenters. The monoisotopic (exact) mass is 216 g/mol. The second-order valence-electron chi connectivity index (χ2n) is 3.96. The molecule has 0 saturated heterocycles. The van der Waals surface area contributed by atoms with Gasteiger partial charge in [0.2, 0.25) is 0 Å². The normalized spacial score (nSPS) is 15.1. The van der Waals surface area contributed by atoms with E-state index in [9.17, 15) is 0 Å². The van der Waals surface area contributed by atoms with Crippen LogP contribution in [0.2, 0.25) is 0 Å². The highest BCUT2D eigenvalue weighted by molar-refractivity contribution is 5.78. The molecule has 1 nitrogen and oxygen atoms in total. The summed E-state index contributed by atoms with van der Waals surface area (Å²) in [6, 6.07) is 3.82. The third-order valence-electron chi connectivity index (χ3n) is 2.53. The van der Waals surface area contributed by atoms with E-state index < -0.39 is 6.04 Å². The Balaban J connectivity index is 2.83. The molecule has 0 spiro atoms. The second kappa shape index (κ2) is 4.40. The van der Waals surface area contributed by atoms with E-state index in [1.54, 1.807) is 12.1 Å². The van der Waals surface area contributed by atoms with Crippen LogP contribution in [0.4, 0.5) is 5.69 Å². The molecule has 1 heteroatoms. The highest BCUT2D eigenvalue weighted by atomic mass is 14.6. The lowest BCUT2D eigenvalue weighted by Crippen LogP contribution is -1.98. The molecule has 82 valence electrons. The van der Waals surface area contributed by atoms with Crippen molar-refractivity contribution in [1.29, 1.82) is 0 Å². The van der Waals surface area contributed by atoms with Crippen molar-refractivity contribution >= 4 is 5.69 Å². The number of anilines is 1. The Morgan fingerprint density at radius 3 is 2.44 bits per heavy atom. The minimum absolute atomic E-state index is 0.154. The Hall–Kier alpha value is -1.76. The van der Waals surface area contributed by atoms with Crippen LogP contribution in [0.15, 0.2) is 48.4 Å². The van der Waals surface area contributed by atoms with E-state index in [1.165, 1.54) is 0 Å². The van der Waals surface area contributed by atoms with E-state index in [2.05, 4.69) is 0 Å². The van der Waals surface area contributed by atoms with Gasteiger partial charge in [0.1, 0.15) is 0 Å². The summed E-state index contributed by atoms with van der Waals surface area (Å²) in [5.41, 5.74) is 8.16. The lowest BCUT2D eigenvalue weighted by atomic mass is 9.95. The zero-order valence-electron chi connectivity index (χ0n) is 14.4. The summed E-state index contributed by atoms with van der Waals surface area (Å²) in [5.74, 6) is 0.190. The molecule has 0 atom stereocenters. The lowest BCUT2D eigenvalue weighted by molar-refractivity contribution is 0.870. The molecule has 0 radical (unpaired) electrons. The minimum Gasteiger partial charge on any atom is -0.398 e. The number of para-hydroxylation sites is 1. The molecule has 16 heavy (non-hydrogen) atoms. The Bertz CT molecular complexity index is 681. The van der Waals surface area contributed by atoms with Gasteiger partial charge in [0.05, 0.1) is 6.85 Å². The van der Waals surface area contributed by atoms with Crippen LogP contribution in [-0.4, -0.2) is 0 Å². The molecular weight excluding hydrogens is 194 g/mol. The summed E-state index contributed by atoms with van der Waals surface area (Å²) >= 11 is 0. The van der Waals surface area contributed by atoms with Gasteiger partial charge in [0.15, 0.2) is 0 Å². The van der Waals surface area contributed by atoms with Crippen molar-refractivity contribution < 1.29 is 6.85 Å². The van der Waals surface area contributed by atoms with Gasteiger partial charge in [-0.15, -0.1) is 0 Å². The Morgan fingerprint density at radius 1 is 1.12 bits per heavy atom. The minimum atomic E-state index is -0.396. The Labute approximate surface area is 104 Å². The first-order valence-corrected chi connectivity index (χ1v) is 5.23. The average molecular weight is 216 g/mol. The van der Waals surface area contributed by atoms with Crippen LogP contribution in [0.3, 0.4) is 0 Å². The molecule has 0 aliphatic heterocycles. The van der Waals surface area contributed by atoms with Crippen molar-refractivity contribution in [2.45, 2.75) is 19.8 Å². The largest absolute Gasteiger partial charge is 0.398 e. The third kappa shape index (κ3) is 1.94. The van der Waals surface area contributed by atoms with Crippen molar-refractivity contribution in [3.05, 3.63) is 54.0 Å². The topological polar surface area (TPSA) is 26.0 Å². The SMILES string of the molecule is [2H]c1c([2H])c([2H])c(-c2cccc(C(C)C)c2N)c([2H])c1[2H]. The summed E-state index contributed by atoms with van der Waals surface area (Å²) in [5, 5.41) is 0. The van der Waals surface area contributed by atoms with Gasteiger partial charge in [-0.05, 0) is 17.0 Å². The van der Waals surface area contributed by atoms with E-state index >= 15 is 0 Å². The number of rotatable bonds is 2. The van der Waals surface area contributed by atoms with E-state index in [-0.39, 0.29) is 35.7 Å². The quantitative estimate of drug-likeness (QED) is 0.753. The van der Waals surface area contributed by atoms with E-state index in [1.807, 2.05) is 19.9 Å². The Morgan fingerprint density at radius 2 is 1.81 bits per heavy atom. The van der Waals surface area contributed by atoms with Crippen LogP contribution in [0.1, 0.15) is 32.2 Å². The van der Waals surface area contributed by atoms with Gasteiger partial charge in [-0.1, -0.05) is 62.3 Å². The van der Waals surface area contributed by atoms with Gasteiger partial charge in [0.25, 0.3) is 0 Å². The number of hydrogen-bond acceptors (Lipinski definition) is 1. The zero-order chi connectivity index (χ0) is 15.9. The average Bonchev–Trinajstić information content (AvgIpc) is 2.44. The summed E-state index contributed by atoms with van der Waals surface area (Å²) in [4.78, 5) is 0. The van der Waals surface area contributed by atoms with Crippen molar-refractivity contribution in [2.24, 2.45) is 0 Å². The zero-order valence-corrected chi connectivity index (χ0v) is 9.39. The number of nitrogens with two attached hydrogens (primary N) is 1. The first-order valence-electron chi connectivity index (χ1n) is 7.73. The van der Waals surface area contributed by atoms with Crippen LogP contribution in [0.5, 0.6) is 0 Å². The predicted molar refractivity (Wildman–Crippen MR) is 70.4 cm³/mol. The first-order chi connectivity index (χ1) is 9.77. The summed E-state index contributed by atoms with van der Waals surface area (Å²) < 4.78 is 39.2. The lowest BCUT2D eigenvalue weighted by Gasteiger charge is -2.13. The third-order valence-corrected chi connectivity index (χ3v) is 2.53. The van der Waals surface area contributed by atoms with E-state index in [0.29, 0.717) is 11.3 Å². The summed E-state index contributed by atoms with van der Waals surface area (Å²) in [7, 11) is 0. The highest BCUT2D eigenvalue weighted by Gasteiger charge is 2.08. The maximum Gasteiger partial charge on any atom is 0.0629 e. The van der Waals surface area contributed by atoms with Crippen LogP contribution in [-0.2, 0) is 0 Å². The smallest absolute Gasteiger partial charge is 0.0629 e. The molecule has 2 N–H and O–H groups in total. The van der Waals surface area contributed by atoms with Crippen LogP contribution in [0, 0.1) is 0 Å². The van der Waals surface area contributed by atoms with Gasteiger partial charge in [0, 0.05) is 11.3 Å². The fourth-order valence-corrected chi connectivity index (χ4v) is 1.69. The second-order valence-corrected chi connectivity index (χ2v) is 3.96. The molecule has 0 aliphatic rings. The number of hydrogen-bond donors (Lipinski definition) is 1. The molecule has 2 aromatic rings. The van der Waals surface area contributed by atoms with Gasteiger partial charge >= 0.3 is 0 Å². The molecule has 2 rings (SSSR count). The molecule has 0 bridgehead atoms. The maximum absolute atomic E-state index is 8.02. The molecule has 0 aliphatic carbocycles. The van der Waals surface area contributed by atoms with Gasteiger partial charge < -0.3 is 5.73 Å². The Kier molecular flexibility index (Phi) is 1.67. The number of benzene rings is 2. The molecule has 0 heterocycles. The number of nitrogen functional groups attached to an aromatic ring is 1. The van der Waals surface area contributed by atoms with Crippen molar-refractivity contribution in [1.82, 2.24) is 0 Å².